The molecule has 0 aliphatic carbocycles. The molecule has 0 aliphatic heterocycles. The summed E-state index contributed by atoms with van der Waals surface area (Å²) in [5, 5.41) is 13.1. The molecule has 0 radical (unpaired) electrons. The molecule has 1 amide bonds. The van der Waals surface area contributed by atoms with E-state index in [2.05, 4.69) is 15.3 Å². The van der Waals surface area contributed by atoms with Crippen LogP contribution in [0.5, 0.6) is 5.75 Å². The Kier molecular flexibility index (Phi) is 7.13. The summed E-state index contributed by atoms with van der Waals surface area (Å²) in [5.41, 5.74) is 1.04. The van der Waals surface area contributed by atoms with E-state index in [1.165, 1.54) is 12.1 Å². The van der Waals surface area contributed by atoms with E-state index in [1.807, 2.05) is 6.92 Å². The minimum atomic E-state index is -0.694. The number of H-pyrrole nitrogens is 1. The number of fused-ring (bicyclic) bond motifs is 1. The van der Waals surface area contributed by atoms with Gasteiger partial charge in [0.25, 0.3) is 11.5 Å². The normalized spacial score (nSPS) is 11.0. The molecular formula is C22H24FN3O4. The Labute approximate surface area is 172 Å². The van der Waals surface area contributed by atoms with Gasteiger partial charge in [-0.25, -0.2) is 4.39 Å². The molecule has 3 aromatic rings. The van der Waals surface area contributed by atoms with Gasteiger partial charge in [0.05, 0.1) is 5.52 Å². The first kappa shape index (κ1) is 21.4. The van der Waals surface area contributed by atoms with Gasteiger partial charge in [-0.1, -0.05) is 19.1 Å². The number of aromatic hydroxyl groups is 1. The lowest BCUT2D eigenvalue weighted by Crippen LogP contribution is -2.31. The number of ether oxygens (including phenoxy) is 1. The van der Waals surface area contributed by atoms with E-state index in [1.54, 1.807) is 24.4 Å². The monoisotopic (exact) mass is 413 g/mol. The van der Waals surface area contributed by atoms with Gasteiger partial charge < -0.3 is 20.1 Å². The van der Waals surface area contributed by atoms with Crippen LogP contribution >= 0.6 is 0 Å². The van der Waals surface area contributed by atoms with Crippen molar-refractivity contribution in [2.24, 2.45) is 0 Å². The molecule has 3 rings (SSSR count). The summed E-state index contributed by atoms with van der Waals surface area (Å²) in [6, 6.07) is 7.76. The number of carbonyl (C=O) groups is 1. The third kappa shape index (κ3) is 5.21. The summed E-state index contributed by atoms with van der Waals surface area (Å²) in [5.74, 6) is -1.44. The maximum atomic E-state index is 13.1. The average Bonchev–Trinajstić information content (AvgIpc) is 2.72. The van der Waals surface area contributed by atoms with Crippen molar-refractivity contribution in [3.63, 3.8) is 0 Å². The predicted octanol–water partition coefficient (Wildman–Crippen LogP) is 2.91. The van der Waals surface area contributed by atoms with E-state index in [0.717, 1.165) is 17.5 Å². The predicted molar refractivity (Wildman–Crippen MR) is 111 cm³/mol. The number of aromatic amines is 1. The summed E-state index contributed by atoms with van der Waals surface area (Å²) in [6.45, 7) is 3.50. The first-order valence-corrected chi connectivity index (χ1v) is 9.84. The molecule has 0 spiro atoms. The Morgan fingerprint density at radius 2 is 2.00 bits per heavy atom. The van der Waals surface area contributed by atoms with Crippen LogP contribution in [0.4, 0.5) is 4.39 Å². The number of pyridine rings is 2. The van der Waals surface area contributed by atoms with Gasteiger partial charge in [0, 0.05) is 26.0 Å². The molecule has 1 aromatic carbocycles. The number of benzene rings is 1. The first-order chi connectivity index (χ1) is 14.5. The van der Waals surface area contributed by atoms with Crippen LogP contribution in [0.25, 0.3) is 11.0 Å². The third-order valence-electron chi connectivity index (χ3n) is 4.53. The summed E-state index contributed by atoms with van der Waals surface area (Å²) >= 11 is 0. The first-order valence-electron chi connectivity index (χ1n) is 9.84. The van der Waals surface area contributed by atoms with Gasteiger partial charge in [0.2, 0.25) is 0 Å². The highest BCUT2D eigenvalue weighted by Gasteiger charge is 2.20. The zero-order valence-corrected chi connectivity index (χ0v) is 16.7. The van der Waals surface area contributed by atoms with Crippen molar-refractivity contribution in [3.8, 4) is 5.75 Å². The van der Waals surface area contributed by atoms with Gasteiger partial charge in [-0.2, -0.15) is 0 Å². The second-order valence-electron chi connectivity index (χ2n) is 6.94. The van der Waals surface area contributed by atoms with Crippen LogP contribution in [0.15, 0.2) is 41.3 Å². The summed E-state index contributed by atoms with van der Waals surface area (Å²) in [6.07, 6.45) is 3.55. The molecule has 0 saturated heterocycles. The van der Waals surface area contributed by atoms with E-state index in [-0.39, 0.29) is 16.9 Å². The second-order valence-corrected chi connectivity index (χ2v) is 6.94. The van der Waals surface area contributed by atoms with Gasteiger partial charge in [-0.15, -0.1) is 0 Å². The Morgan fingerprint density at radius 3 is 2.73 bits per heavy atom. The number of rotatable bonds is 9. The largest absolute Gasteiger partial charge is 0.505 e. The third-order valence-corrected chi connectivity index (χ3v) is 4.53. The topological polar surface area (TPSA) is 104 Å². The van der Waals surface area contributed by atoms with Crippen molar-refractivity contribution in [1.82, 2.24) is 15.3 Å². The van der Waals surface area contributed by atoms with Crippen molar-refractivity contribution >= 4 is 16.9 Å². The van der Waals surface area contributed by atoms with Crippen molar-refractivity contribution in [3.05, 3.63) is 69.4 Å². The molecule has 158 valence electrons. The fourth-order valence-electron chi connectivity index (χ4n) is 3.06. The smallest absolute Gasteiger partial charge is 0.265 e. The van der Waals surface area contributed by atoms with E-state index >= 15 is 0 Å². The molecule has 0 fully saturated rings. The van der Waals surface area contributed by atoms with Gasteiger partial charge in [0.1, 0.15) is 16.9 Å². The van der Waals surface area contributed by atoms with Crippen LogP contribution in [0.2, 0.25) is 0 Å². The molecule has 0 unspecified atom stereocenters. The number of hydrogen-bond acceptors (Lipinski definition) is 5. The number of hydrogen-bond donors (Lipinski definition) is 3. The number of carbonyl (C=O) groups excluding carboxylic acids is 1. The minimum Gasteiger partial charge on any atom is -0.505 e. The van der Waals surface area contributed by atoms with Crippen molar-refractivity contribution in [2.45, 2.75) is 26.2 Å². The minimum absolute atomic E-state index is 0.133. The van der Waals surface area contributed by atoms with Gasteiger partial charge in [0.15, 0.2) is 5.75 Å². The number of nitrogens with zero attached hydrogens (tertiary/aromatic N) is 1. The van der Waals surface area contributed by atoms with E-state index in [0.29, 0.717) is 38.1 Å². The SMILES string of the molecule is CCCOCCCNC(=O)c1c(O)c2ncc(Cc3ccc(F)cc3)cc2[nH]c1=O. The lowest BCUT2D eigenvalue weighted by molar-refractivity contribution is 0.0937. The fraction of sp³-hybridized carbons (Fsp3) is 0.318. The van der Waals surface area contributed by atoms with Crippen LogP contribution < -0.4 is 10.9 Å². The van der Waals surface area contributed by atoms with E-state index < -0.39 is 17.2 Å². The second kappa shape index (κ2) is 9.98. The molecule has 0 saturated carbocycles. The molecule has 7 nitrogen and oxygen atoms in total. The molecule has 2 heterocycles. The molecule has 0 atom stereocenters. The zero-order valence-electron chi connectivity index (χ0n) is 16.7. The number of nitrogens with one attached hydrogen (secondary N) is 2. The maximum absolute atomic E-state index is 13.1. The fourth-order valence-corrected chi connectivity index (χ4v) is 3.06. The average molecular weight is 413 g/mol. The van der Waals surface area contributed by atoms with Crippen molar-refractivity contribution < 1.29 is 19.0 Å². The summed E-state index contributed by atoms with van der Waals surface area (Å²) in [4.78, 5) is 31.6. The molecule has 3 N–H and O–H groups in total. The van der Waals surface area contributed by atoms with Crippen molar-refractivity contribution in [1.29, 1.82) is 0 Å². The Morgan fingerprint density at radius 1 is 1.23 bits per heavy atom. The standard InChI is InChI=1S/C22H24FN3O4/c1-2-9-30-10-3-8-24-21(28)18-20(27)19-17(26-22(18)29)12-15(13-25-19)11-14-4-6-16(23)7-5-14/h4-7,12-13H,2-3,8-11H2,1H3,(H,24,28)(H2,26,27,29). The molecule has 0 bridgehead atoms. The molecule has 8 heteroatoms. The Bertz CT molecular complexity index is 1080. The Hall–Kier alpha value is -3.26. The quantitative estimate of drug-likeness (QED) is 0.468. The number of amides is 1. The maximum Gasteiger partial charge on any atom is 0.265 e. The molecule has 30 heavy (non-hydrogen) atoms. The van der Waals surface area contributed by atoms with Crippen LogP contribution in [0.3, 0.4) is 0 Å². The zero-order chi connectivity index (χ0) is 21.5. The van der Waals surface area contributed by atoms with Crippen LogP contribution in [0.1, 0.15) is 41.3 Å². The van der Waals surface area contributed by atoms with Crippen molar-refractivity contribution in [2.75, 3.05) is 19.8 Å². The summed E-state index contributed by atoms with van der Waals surface area (Å²) in [7, 11) is 0. The molecular weight excluding hydrogens is 389 g/mol. The lowest BCUT2D eigenvalue weighted by Gasteiger charge is -2.09. The van der Waals surface area contributed by atoms with Gasteiger partial charge in [-0.05, 0) is 48.6 Å². The van der Waals surface area contributed by atoms with Crippen LogP contribution in [-0.4, -0.2) is 40.7 Å². The van der Waals surface area contributed by atoms with E-state index in [9.17, 15) is 19.1 Å². The summed E-state index contributed by atoms with van der Waals surface area (Å²) < 4.78 is 18.4. The van der Waals surface area contributed by atoms with Gasteiger partial charge in [-0.3, -0.25) is 14.6 Å². The van der Waals surface area contributed by atoms with E-state index in [4.69, 9.17) is 4.74 Å². The molecule has 2 aromatic heterocycles. The highest BCUT2D eigenvalue weighted by molar-refractivity contribution is 6.01. The van der Waals surface area contributed by atoms with Crippen LogP contribution in [0, 0.1) is 5.82 Å². The highest BCUT2D eigenvalue weighted by Crippen LogP contribution is 2.24. The van der Waals surface area contributed by atoms with Crippen LogP contribution in [-0.2, 0) is 11.2 Å². The van der Waals surface area contributed by atoms with Gasteiger partial charge >= 0.3 is 0 Å². The Balaban J connectivity index is 1.75. The lowest BCUT2D eigenvalue weighted by atomic mass is 10.1. The highest BCUT2D eigenvalue weighted by atomic mass is 19.1. The molecule has 0 aliphatic rings. The number of aromatic nitrogens is 2. The number of halogens is 1.